The van der Waals surface area contributed by atoms with Gasteiger partial charge in [-0.3, -0.25) is 4.79 Å². The molecule has 1 saturated carbocycles. The molecule has 0 spiro atoms. The molecule has 1 heterocycles. The smallest absolute Gasteiger partial charge is 0.391 e. The van der Waals surface area contributed by atoms with Crippen molar-refractivity contribution in [1.82, 2.24) is 16.0 Å². The normalized spacial score (nSPS) is 21.3. The maximum Gasteiger partial charge on any atom is 0.414 e. The van der Waals surface area contributed by atoms with Crippen LogP contribution in [0.1, 0.15) is 67.3 Å². The summed E-state index contributed by atoms with van der Waals surface area (Å²) in [6.07, 6.45) is 5.75. The Bertz CT molecular complexity index is 1050. The minimum atomic E-state index is -0.927. The maximum absolute atomic E-state index is 13.1. The highest BCUT2D eigenvalue weighted by Crippen LogP contribution is 2.38. The first-order valence-electron chi connectivity index (χ1n) is 13.8. The highest BCUT2D eigenvalue weighted by molar-refractivity contribution is 5.94. The van der Waals surface area contributed by atoms with E-state index < -0.39 is 29.7 Å². The van der Waals surface area contributed by atoms with Gasteiger partial charge in [0.25, 0.3) is 5.91 Å². The van der Waals surface area contributed by atoms with E-state index in [1.165, 1.54) is 6.42 Å². The van der Waals surface area contributed by atoms with Crippen LogP contribution in [0.15, 0.2) is 60.7 Å². The van der Waals surface area contributed by atoms with Crippen LogP contribution < -0.4 is 16.0 Å². The van der Waals surface area contributed by atoms with Crippen molar-refractivity contribution in [2.24, 2.45) is 5.92 Å². The van der Waals surface area contributed by atoms with Gasteiger partial charge in [0.15, 0.2) is 0 Å². The topological polar surface area (TPSA) is 117 Å². The highest BCUT2D eigenvalue weighted by atomic mass is 16.6. The largest absolute Gasteiger partial charge is 0.414 e. The third kappa shape index (κ3) is 7.20. The number of ether oxygens (including phenoxy) is 1. The monoisotopic (exact) mass is 521 g/mol. The lowest BCUT2D eigenvalue weighted by atomic mass is 9.74. The quantitative estimate of drug-likeness (QED) is 0.280. The molecule has 1 unspecified atom stereocenters. The van der Waals surface area contributed by atoms with Crippen LogP contribution in [0.3, 0.4) is 0 Å². The number of alkyl carbamates (subject to hydrolysis) is 1. The molecule has 0 radical (unpaired) electrons. The lowest BCUT2D eigenvalue weighted by Gasteiger charge is -2.37. The van der Waals surface area contributed by atoms with E-state index in [0.29, 0.717) is 18.4 Å². The second kappa shape index (κ2) is 13.5. The Morgan fingerprint density at radius 3 is 2.32 bits per heavy atom. The molecule has 0 bridgehead atoms. The van der Waals surface area contributed by atoms with Gasteiger partial charge in [0.1, 0.15) is 5.54 Å². The summed E-state index contributed by atoms with van der Waals surface area (Å²) < 4.78 is 5.25. The van der Waals surface area contributed by atoms with Gasteiger partial charge in [-0.1, -0.05) is 67.8 Å². The average molecular weight is 522 g/mol. The molecule has 8 heteroatoms. The SMILES string of the molecule is O=C(NCCC(O)[C@H](Cc1ccccc1)NC(=O)c1ccccc1)OC(=O)[C@]1(C2CCCCC2)CCCN1. The van der Waals surface area contributed by atoms with Crippen molar-refractivity contribution < 1.29 is 24.2 Å². The predicted octanol–water partition coefficient (Wildman–Crippen LogP) is 3.73. The van der Waals surface area contributed by atoms with E-state index in [9.17, 15) is 19.5 Å². The second-order valence-electron chi connectivity index (χ2n) is 10.4. The van der Waals surface area contributed by atoms with Gasteiger partial charge in [-0.2, -0.15) is 0 Å². The zero-order valence-corrected chi connectivity index (χ0v) is 21.9. The van der Waals surface area contributed by atoms with Crippen molar-refractivity contribution in [3.05, 3.63) is 71.8 Å². The highest BCUT2D eigenvalue weighted by Gasteiger charge is 2.49. The maximum atomic E-state index is 13.1. The van der Waals surface area contributed by atoms with Gasteiger partial charge in [-0.15, -0.1) is 0 Å². The van der Waals surface area contributed by atoms with E-state index in [1.807, 2.05) is 36.4 Å². The molecule has 38 heavy (non-hydrogen) atoms. The second-order valence-corrected chi connectivity index (χ2v) is 10.4. The van der Waals surface area contributed by atoms with E-state index in [2.05, 4.69) is 16.0 Å². The van der Waals surface area contributed by atoms with Crippen LogP contribution in [0.5, 0.6) is 0 Å². The molecule has 1 aliphatic carbocycles. The molecule has 2 aliphatic rings. The Morgan fingerprint density at radius 2 is 1.66 bits per heavy atom. The first-order valence-corrected chi connectivity index (χ1v) is 13.8. The van der Waals surface area contributed by atoms with Gasteiger partial charge in [0, 0.05) is 12.1 Å². The molecule has 2 amide bonds. The fourth-order valence-corrected chi connectivity index (χ4v) is 5.78. The Labute approximate surface area is 224 Å². The summed E-state index contributed by atoms with van der Waals surface area (Å²) in [6.45, 7) is 0.848. The molecule has 2 aromatic rings. The molecule has 204 valence electrons. The summed E-state index contributed by atoms with van der Waals surface area (Å²) >= 11 is 0. The molecule has 1 saturated heterocycles. The van der Waals surface area contributed by atoms with Gasteiger partial charge in [0.05, 0.1) is 12.1 Å². The third-order valence-corrected chi connectivity index (χ3v) is 7.86. The Kier molecular flexibility index (Phi) is 9.90. The van der Waals surface area contributed by atoms with Crippen LogP contribution in [0.2, 0.25) is 0 Å². The standard InChI is InChI=1S/C30H39N3O5/c34-26(25(21-22-11-4-1-5-12-22)33-27(35)23-13-6-2-7-14-23)17-20-31-29(37)38-28(36)30(18-10-19-32-30)24-15-8-3-9-16-24/h1-2,4-7,11-14,24-26,32,34H,3,8-10,15-21H2,(H,31,37)(H,33,35)/t25-,26?,30+/m0/s1. The van der Waals surface area contributed by atoms with Crippen molar-refractivity contribution in [1.29, 1.82) is 0 Å². The first-order chi connectivity index (χ1) is 18.5. The number of amides is 2. The Morgan fingerprint density at radius 1 is 0.974 bits per heavy atom. The number of carbonyl (C=O) groups is 3. The minimum Gasteiger partial charge on any atom is -0.391 e. The summed E-state index contributed by atoms with van der Waals surface area (Å²) in [5.74, 6) is -0.592. The van der Waals surface area contributed by atoms with Gasteiger partial charge < -0.3 is 25.8 Å². The van der Waals surface area contributed by atoms with E-state index in [-0.39, 0.29) is 24.8 Å². The van der Waals surface area contributed by atoms with Crippen LogP contribution in [0.25, 0.3) is 0 Å². The number of carbonyl (C=O) groups excluding carboxylic acids is 3. The summed E-state index contributed by atoms with van der Waals surface area (Å²) in [6, 6.07) is 17.9. The molecule has 4 rings (SSSR count). The molecule has 0 aromatic heterocycles. The molecule has 1 aliphatic heterocycles. The average Bonchev–Trinajstić information content (AvgIpc) is 3.46. The Balaban J connectivity index is 1.31. The molecule has 2 fully saturated rings. The zero-order valence-electron chi connectivity index (χ0n) is 21.9. The summed E-state index contributed by atoms with van der Waals surface area (Å²) in [5, 5.41) is 19.9. The summed E-state index contributed by atoms with van der Waals surface area (Å²) in [5.41, 5.74) is 0.699. The van der Waals surface area contributed by atoms with E-state index in [0.717, 1.165) is 44.2 Å². The van der Waals surface area contributed by atoms with Crippen molar-refractivity contribution in [3.8, 4) is 0 Å². The van der Waals surface area contributed by atoms with Crippen LogP contribution in [0, 0.1) is 5.92 Å². The Hall–Kier alpha value is -3.23. The summed E-state index contributed by atoms with van der Waals surface area (Å²) in [7, 11) is 0. The number of esters is 1. The van der Waals surface area contributed by atoms with Gasteiger partial charge in [-0.25, -0.2) is 9.59 Å². The summed E-state index contributed by atoms with van der Waals surface area (Å²) in [4.78, 5) is 38.4. The fraction of sp³-hybridized carbons (Fsp3) is 0.500. The molecule has 2 aromatic carbocycles. The number of aliphatic hydroxyl groups excluding tert-OH is 1. The van der Waals surface area contributed by atoms with Crippen molar-refractivity contribution in [2.75, 3.05) is 13.1 Å². The number of rotatable bonds is 10. The molecule has 8 nitrogen and oxygen atoms in total. The van der Waals surface area contributed by atoms with Crippen molar-refractivity contribution in [2.45, 2.75) is 75.5 Å². The number of benzene rings is 2. The van der Waals surface area contributed by atoms with Crippen LogP contribution in [0.4, 0.5) is 4.79 Å². The van der Waals surface area contributed by atoms with Gasteiger partial charge >= 0.3 is 12.1 Å². The minimum absolute atomic E-state index is 0.101. The molecule has 4 N–H and O–H groups in total. The van der Waals surface area contributed by atoms with Crippen LogP contribution >= 0.6 is 0 Å². The number of nitrogens with one attached hydrogen (secondary N) is 3. The number of hydrogen-bond donors (Lipinski definition) is 4. The predicted molar refractivity (Wildman–Crippen MR) is 144 cm³/mol. The first kappa shape index (κ1) is 27.8. The third-order valence-electron chi connectivity index (χ3n) is 7.86. The van der Waals surface area contributed by atoms with Crippen molar-refractivity contribution >= 4 is 18.0 Å². The van der Waals surface area contributed by atoms with Crippen molar-refractivity contribution in [3.63, 3.8) is 0 Å². The van der Waals surface area contributed by atoms with E-state index in [1.54, 1.807) is 24.3 Å². The molecular formula is C30H39N3O5. The lowest BCUT2D eigenvalue weighted by molar-refractivity contribution is -0.147. The lowest BCUT2D eigenvalue weighted by Crippen LogP contribution is -2.56. The number of aliphatic hydroxyl groups is 1. The zero-order chi connectivity index (χ0) is 26.8. The number of hydrogen-bond acceptors (Lipinski definition) is 6. The molecule has 3 atom stereocenters. The fourth-order valence-electron chi connectivity index (χ4n) is 5.78. The van der Waals surface area contributed by atoms with Crippen LogP contribution in [-0.2, 0) is 16.0 Å². The van der Waals surface area contributed by atoms with E-state index in [4.69, 9.17) is 4.74 Å². The van der Waals surface area contributed by atoms with Gasteiger partial charge in [-0.05, 0) is 68.7 Å². The van der Waals surface area contributed by atoms with Gasteiger partial charge in [0.2, 0.25) is 0 Å². The van der Waals surface area contributed by atoms with E-state index >= 15 is 0 Å². The molecular weight excluding hydrogens is 482 g/mol. The van der Waals surface area contributed by atoms with Crippen LogP contribution in [-0.4, -0.2) is 53.9 Å².